The fourth-order valence-electron chi connectivity index (χ4n) is 4.12. The summed E-state index contributed by atoms with van der Waals surface area (Å²) in [6, 6.07) is 14.9. The molecule has 31 heavy (non-hydrogen) atoms. The summed E-state index contributed by atoms with van der Waals surface area (Å²) >= 11 is 0. The Bertz CT molecular complexity index is 1050. The number of piperazine rings is 1. The lowest BCUT2D eigenvalue weighted by Crippen LogP contribution is -2.56. The topological polar surface area (TPSA) is 67.7 Å². The van der Waals surface area contributed by atoms with Gasteiger partial charge in [0.15, 0.2) is 0 Å². The number of nitrogens with zero attached hydrogens (tertiary/aromatic N) is 5. The van der Waals surface area contributed by atoms with Gasteiger partial charge in [0.1, 0.15) is 12.1 Å². The van der Waals surface area contributed by atoms with Crippen LogP contribution in [0.3, 0.4) is 0 Å². The Hall–Kier alpha value is -3.10. The van der Waals surface area contributed by atoms with E-state index in [2.05, 4.69) is 50.3 Å². The van der Waals surface area contributed by atoms with Gasteiger partial charge in [0.05, 0.1) is 32.1 Å². The van der Waals surface area contributed by atoms with E-state index in [-0.39, 0.29) is 1.43 Å². The summed E-state index contributed by atoms with van der Waals surface area (Å²) in [7, 11) is 1.66. The fourth-order valence-corrected chi connectivity index (χ4v) is 4.12. The van der Waals surface area contributed by atoms with E-state index in [0.29, 0.717) is 12.0 Å². The summed E-state index contributed by atoms with van der Waals surface area (Å²) in [5, 5.41) is 7.94. The summed E-state index contributed by atoms with van der Waals surface area (Å²) in [6.07, 6.45) is 1.71. The predicted molar refractivity (Wildman–Crippen MR) is 123 cm³/mol. The minimum Gasteiger partial charge on any atom is -0.497 e. The van der Waals surface area contributed by atoms with Crippen LogP contribution in [0.5, 0.6) is 5.75 Å². The Labute approximate surface area is 183 Å². The molecule has 0 atom stereocenters. The number of anilines is 3. The van der Waals surface area contributed by atoms with Gasteiger partial charge in [-0.3, -0.25) is 4.90 Å². The lowest BCUT2D eigenvalue weighted by Gasteiger charge is -2.43. The van der Waals surface area contributed by atoms with Crippen LogP contribution in [0.15, 0.2) is 48.8 Å². The van der Waals surface area contributed by atoms with Crippen molar-refractivity contribution >= 4 is 17.3 Å². The second-order valence-electron chi connectivity index (χ2n) is 8.11. The molecule has 3 aromatic rings. The van der Waals surface area contributed by atoms with Crippen LogP contribution in [0.2, 0.25) is 0 Å². The molecule has 2 aliphatic rings. The quantitative estimate of drug-likeness (QED) is 0.655. The highest BCUT2D eigenvalue weighted by Crippen LogP contribution is 2.26. The zero-order valence-electron chi connectivity index (χ0n) is 18.0. The average Bonchev–Trinajstić information content (AvgIpc) is 3.21. The van der Waals surface area contributed by atoms with Crippen LogP contribution in [0.25, 0.3) is 5.69 Å². The van der Waals surface area contributed by atoms with Gasteiger partial charge in [-0.2, -0.15) is 4.98 Å². The number of nitrogens with one attached hydrogen (secondary N) is 1. The Kier molecular flexibility index (Phi) is 5.48. The summed E-state index contributed by atoms with van der Waals surface area (Å²) in [6.45, 7) is 8.11. The first-order valence-electron chi connectivity index (χ1n) is 10.7. The number of aromatic nitrogens is 3. The molecular weight excluding hydrogens is 392 g/mol. The lowest BCUT2D eigenvalue weighted by atomic mass is 10.1. The molecule has 0 spiro atoms. The van der Waals surface area contributed by atoms with Crippen LogP contribution in [0.1, 0.15) is 6.99 Å². The Balaban J connectivity index is 0.00000245. The Morgan fingerprint density at radius 1 is 1.06 bits per heavy atom. The normalized spacial score (nSPS) is 17.4. The fraction of sp³-hybridized carbons (Fsp3) is 0.391. The molecule has 8 nitrogen and oxygen atoms in total. The molecule has 2 aromatic carbocycles. The largest absolute Gasteiger partial charge is 0.497 e. The van der Waals surface area contributed by atoms with Crippen molar-refractivity contribution in [1.29, 1.82) is 0 Å². The summed E-state index contributed by atoms with van der Waals surface area (Å²) in [5.74, 6) is 1.35. The van der Waals surface area contributed by atoms with Crippen molar-refractivity contribution < 1.29 is 10.9 Å². The third-order valence-electron chi connectivity index (χ3n) is 5.94. The average molecular weight is 423 g/mol. The highest BCUT2D eigenvalue weighted by Gasteiger charge is 2.29. The molecule has 1 N–H and O–H groups in total. The second-order valence-corrected chi connectivity index (χ2v) is 8.11. The Morgan fingerprint density at radius 3 is 2.65 bits per heavy atom. The number of aryl methyl sites for hydroxylation is 1. The van der Waals surface area contributed by atoms with Crippen molar-refractivity contribution in [3.63, 3.8) is 0 Å². The molecule has 5 rings (SSSR count). The first kappa shape index (κ1) is 19.8. The van der Waals surface area contributed by atoms with Crippen LogP contribution >= 0.6 is 0 Å². The molecule has 8 heteroatoms. The van der Waals surface area contributed by atoms with Gasteiger partial charge < -0.3 is 19.7 Å². The molecule has 0 saturated carbocycles. The molecule has 1 aromatic heterocycles. The molecule has 0 aliphatic carbocycles. The third kappa shape index (κ3) is 4.35. The standard InChI is InChI=1S/C23H28N6O2.H2/c1-17-10-18(12-20(11-17)27-6-8-28(9-7-27)21-14-31-15-21)25-23-24-16-29(26-23)19-4-3-5-22(13-19)30-2;/h3-5,10-13,16,21H,6-9,14-15H2,1-2H3,(H,25,26);1H. The molecular formula is C23H30N6O2. The maximum atomic E-state index is 5.35. The van der Waals surface area contributed by atoms with Gasteiger partial charge in [-0.05, 0) is 42.8 Å². The summed E-state index contributed by atoms with van der Waals surface area (Å²) in [5.41, 5.74) is 4.34. The van der Waals surface area contributed by atoms with E-state index >= 15 is 0 Å². The van der Waals surface area contributed by atoms with E-state index < -0.39 is 0 Å². The van der Waals surface area contributed by atoms with Crippen LogP contribution in [-0.4, -0.2) is 72.2 Å². The monoisotopic (exact) mass is 422 g/mol. The third-order valence-corrected chi connectivity index (χ3v) is 5.94. The molecule has 0 unspecified atom stereocenters. The molecule has 2 fully saturated rings. The Morgan fingerprint density at radius 2 is 1.90 bits per heavy atom. The number of benzene rings is 2. The maximum Gasteiger partial charge on any atom is 0.246 e. The van der Waals surface area contributed by atoms with Crippen molar-refractivity contribution in [3.05, 3.63) is 54.4 Å². The molecule has 2 aliphatic heterocycles. The maximum absolute atomic E-state index is 5.35. The van der Waals surface area contributed by atoms with E-state index in [1.54, 1.807) is 18.1 Å². The second kappa shape index (κ2) is 8.56. The number of ether oxygens (including phenoxy) is 2. The number of rotatable bonds is 6. The first-order chi connectivity index (χ1) is 15.2. The molecule has 3 heterocycles. The van der Waals surface area contributed by atoms with Crippen molar-refractivity contribution in [1.82, 2.24) is 19.7 Å². The van der Waals surface area contributed by atoms with Gasteiger partial charge in [-0.25, -0.2) is 4.68 Å². The smallest absolute Gasteiger partial charge is 0.246 e. The summed E-state index contributed by atoms with van der Waals surface area (Å²) < 4.78 is 12.4. The van der Waals surface area contributed by atoms with Crippen molar-refractivity contribution in [2.45, 2.75) is 13.0 Å². The van der Waals surface area contributed by atoms with Gasteiger partial charge in [0, 0.05) is 45.0 Å². The minimum atomic E-state index is 0. The molecule has 0 radical (unpaired) electrons. The van der Waals surface area contributed by atoms with Gasteiger partial charge in [0.25, 0.3) is 0 Å². The van der Waals surface area contributed by atoms with E-state index in [1.807, 2.05) is 24.3 Å². The SMILES string of the molecule is COc1cccc(-n2cnc(Nc3cc(C)cc(N4CCN(C5COC5)CC4)c3)n2)c1.[HH]. The zero-order valence-corrected chi connectivity index (χ0v) is 18.0. The minimum absolute atomic E-state index is 0. The number of methoxy groups -OCH3 is 1. The predicted octanol–water partition coefficient (Wildman–Crippen LogP) is 3.09. The number of hydrogen-bond acceptors (Lipinski definition) is 7. The van der Waals surface area contributed by atoms with Gasteiger partial charge >= 0.3 is 0 Å². The van der Waals surface area contributed by atoms with Crippen molar-refractivity contribution in [3.8, 4) is 11.4 Å². The van der Waals surface area contributed by atoms with Crippen LogP contribution in [0, 0.1) is 6.92 Å². The van der Waals surface area contributed by atoms with E-state index in [1.165, 1.54) is 11.3 Å². The van der Waals surface area contributed by atoms with Gasteiger partial charge in [0.2, 0.25) is 5.95 Å². The summed E-state index contributed by atoms with van der Waals surface area (Å²) in [4.78, 5) is 9.43. The molecule has 0 amide bonds. The van der Waals surface area contributed by atoms with Crippen molar-refractivity contribution in [2.24, 2.45) is 0 Å². The highest BCUT2D eigenvalue weighted by atomic mass is 16.5. The highest BCUT2D eigenvalue weighted by molar-refractivity contribution is 5.64. The van der Waals surface area contributed by atoms with Crippen LogP contribution in [0.4, 0.5) is 17.3 Å². The van der Waals surface area contributed by atoms with E-state index in [0.717, 1.165) is 56.5 Å². The van der Waals surface area contributed by atoms with E-state index in [4.69, 9.17) is 9.47 Å². The molecule has 2 saturated heterocycles. The zero-order chi connectivity index (χ0) is 21.2. The molecule has 0 bridgehead atoms. The van der Waals surface area contributed by atoms with Crippen molar-refractivity contribution in [2.75, 3.05) is 56.7 Å². The van der Waals surface area contributed by atoms with Crippen LogP contribution < -0.4 is 15.0 Å². The van der Waals surface area contributed by atoms with Gasteiger partial charge in [-0.1, -0.05) is 6.07 Å². The first-order valence-corrected chi connectivity index (χ1v) is 10.7. The van der Waals surface area contributed by atoms with Crippen LogP contribution in [-0.2, 0) is 4.74 Å². The van der Waals surface area contributed by atoms with Gasteiger partial charge in [-0.15, -0.1) is 5.10 Å². The lowest BCUT2D eigenvalue weighted by molar-refractivity contribution is -0.0660. The van der Waals surface area contributed by atoms with E-state index in [9.17, 15) is 0 Å². The number of hydrogen-bond donors (Lipinski definition) is 1. The molecule has 164 valence electrons.